The summed E-state index contributed by atoms with van der Waals surface area (Å²) in [6.45, 7) is 2.76. The number of ether oxygens (including phenoxy) is 2. The van der Waals surface area contributed by atoms with E-state index in [0.717, 1.165) is 17.7 Å². The average Bonchev–Trinajstić information content (AvgIpc) is 3.13. The molecule has 0 amide bonds. The van der Waals surface area contributed by atoms with Crippen molar-refractivity contribution in [3.63, 3.8) is 0 Å². The van der Waals surface area contributed by atoms with Gasteiger partial charge in [-0.1, -0.05) is 12.1 Å². The summed E-state index contributed by atoms with van der Waals surface area (Å²) in [6, 6.07) is 9.10. The number of alkyl halides is 3. The standard InChI is InChI=1S/C20H21F3N2O4S/c21-20(22,23)15-2-1-3-17(11-15)30(26,27)24-16-6-7-25(13-16)12-14-4-5-18-19(10-14)29-9-8-28-18/h1-5,10-11,16,24H,6-9,12-13H2/t16-/m1/s1. The van der Waals surface area contributed by atoms with Crippen LogP contribution in [0.3, 0.4) is 0 Å². The van der Waals surface area contributed by atoms with Crippen molar-refractivity contribution >= 4 is 10.0 Å². The van der Waals surface area contributed by atoms with E-state index in [9.17, 15) is 21.6 Å². The quantitative estimate of drug-likeness (QED) is 0.771. The molecule has 0 bridgehead atoms. The van der Waals surface area contributed by atoms with E-state index in [1.165, 1.54) is 6.07 Å². The highest BCUT2D eigenvalue weighted by molar-refractivity contribution is 7.89. The summed E-state index contributed by atoms with van der Waals surface area (Å²) in [4.78, 5) is 1.70. The van der Waals surface area contributed by atoms with Crippen molar-refractivity contribution in [2.45, 2.75) is 30.1 Å². The van der Waals surface area contributed by atoms with E-state index < -0.39 is 21.8 Å². The molecule has 0 saturated carbocycles. The minimum atomic E-state index is -4.60. The second-order valence-electron chi connectivity index (χ2n) is 7.35. The monoisotopic (exact) mass is 442 g/mol. The Kier molecular flexibility index (Phi) is 5.65. The van der Waals surface area contributed by atoms with Crippen LogP contribution in [0.15, 0.2) is 47.4 Å². The first-order valence-electron chi connectivity index (χ1n) is 9.51. The van der Waals surface area contributed by atoms with Crippen molar-refractivity contribution in [3.8, 4) is 11.5 Å². The number of fused-ring (bicyclic) bond motifs is 1. The fourth-order valence-corrected chi connectivity index (χ4v) is 4.95. The molecular weight excluding hydrogens is 421 g/mol. The van der Waals surface area contributed by atoms with Crippen LogP contribution >= 0.6 is 0 Å². The second kappa shape index (κ2) is 8.09. The number of benzene rings is 2. The van der Waals surface area contributed by atoms with E-state index in [1.54, 1.807) is 0 Å². The summed E-state index contributed by atoms with van der Waals surface area (Å²) < 4.78 is 77.4. The van der Waals surface area contributed by atoms with Crippen LogP contribution in [0.5, 0.6) is 11.5 Å². The van der Waals surface area contributed by atoms with E-state index in [2.05, 4.69) is 9.62 Å². The molecule has 1 fully saturated rings. The molecule has 2 aromatic carbocycles. The van der Waals surface area contributed by atoms with Gasteiger partial charge in [-0.05, 0) is 42.3 Å². The lowest BCUT2D eigenvalue weighted by atomic mass is 10.2. The van der Waals surface area contributed by atoms with Crippen LogP contribution in [0, 0.1) is 0 Å². The summed E-state index contributed by atoms with van der Waals surface area (Å²) in [5, 5.41) is 0. The van der Waals surface area contributed by atoms with Crippen LogP contribution in [0.4, 0.5) is 13.2 Å². The SMILES string of the molecule is O=S(=O)(N[C@@H]1CCN(Cc2ccc3c(c2)OCCO3)C1)c1cccc(C(F)(F)F)c1. The van der Waals surface area contributed by atoms with Gasteiger partial charge in [-0.15, -0.1) is 0 Å². The second-order valence-corrected chi connectivity index (χ2v) is 9.06. The molecule has 1 N–H and O–H groups in total. The number of nitrogens with one attached hydrogen (secondary N) is 1. The highest BCUT2D eigenvalue weighted by Crippen LogP contribution is 2.32. The molecule has 6 nitrogen and oxygen atoms in total. The number of nitrogens with zero attached hydrogens (tertiary/aromatic N) is 1. The maximum Gasteiger partial charge on any atom is 0.416 e. The summed E-state index contributed by atoms with van der Waals surface area (Å²) >= 11 is 0. The van der Waals surface area contributed by atoms with E-state index in [4.69, 9.17) is 9.47 Å². The van der Waals surface area contributed by atoms with Crippen LogP contribution in [0.2, 0.25) is 0 Å². The van der Waals surface area contributed by atoms with Gasteiger partial charge in [0.2, 0.25) is 10.0 Å². The van der Waals surface area contributed by atoms with Crippen molar-refractivity contribution < 1.29 is 31.1 Å². The molecule has 162 valence electrons. The lowest BCUT2D eigenvalue weighted by Gasteiger charge is -2.21. The minimum absolute atomic E-state index is 0.373. The van der Waals surface area contributed by atoms with Crippen molar-refractivity contribution in [3.05, 3.63) is 53.6 Å². The lowest BCUT2D eigenvalue weighted by molar-refractivity contribution is -0.137. The molecule has 2 aliphatic heterocycles. The minimum Gasteiger partial charge on any atom is -0.486 e. The third kappa shape index (κ3) is 4.71. The molecule has 0 spiro atoms. The number of hydrogen-bond acceptors (Lipinski definition) is 5. The van der Waals surface area contributed by atoms with Crippen LogP contribution in [-0.4, -0.2) is 45.7 Å². The summed E-state index contributed by atoms with van der Waals surface area (Å²) in [5.74, 6) is 1.40. The zero-order chi connectivity index (χ0) is 21.4. The summed E-state index contributed by atoms with van der Waals surface area (Å²) in [7, 11) is -4.05. The van der Waals surface area contributed by atoms with Gasteiger partial charge in [0.15, 0.2) is 11.5 Å². The van der Waals surface area contributed by atoms with Gasteiger partial charge in [-0.25, -0.2) is 13.1 Å². The van der Waals surface area contributed by atoms with Crippen LogP contribution < -0.4 is 14.2 Å². The summed E-state index contributed by atoms with van der Waals surface area (Å²) in [5.41, 5.74) is 0.0256. The molecule has 30 heavy (non-hydrogen) atoms. The van der Waals surface area contributed by atoms with Crippen molar-refractivity contribution in [2.75, 3.05) is 26.3 Å². The molecule has 10 heteroatoms. The number of likely N-dealkylation sites (tertiary alicyclic amines) is 1. The molecule has 0 aliphatic carbocycles. The molecule has 1 saturated heterocycles. The van der Waals surface area contributed by atoms with Crippen molar-refractivity contribution in [1.82, 2.24) is 9.62 Å². The smallest absolute Gasteiger partial charge is 0.416 e. The van der Waals surface area contributed by atoms with Gasteiger partial charge in [-0.3, -0.25) is 4.90 Å². The Bertz CT molecular complexity index is 1030. The molecule has 1 atom stereocenters. The Balaban J connectivity index is 1.39. The lowest BCUT2D eigenvalue weighted by Crippen LogP contribution is -2.37. The first kappa shape index (κ1) is 21.0. The molecular formula is C20H21F3N2O4S. The van der Waals surface area contributed by atoms with Crippen molar-refractivity contribution in [2.24, 2.45) is 0 Å². The molecule has 0 radical (unpaired) electrons. The molecule has 2 heterocycles. The van der Waals surface area contributed by atoms with Gasteiger partial charge in [0, 0.05) is 25.7 Å². The first-order chi connectivity index (χ1) is 14.2. The Labute approximate surface area is 172 Å². The van der Waals surface area contributed by atoms with Gasteiger partial charge in [0.05, 0.1) is 10.5 Å². The number of hydrogen-bond donors (Lipinski definition) is 1. The Morgan fingerprint density at radius 1 is 1.07 bits per heavy atom. The zero-order valence-electron chi connectivity index (χ0n) is 16.0. The van der Waals surface area contributed by atoms with E-state index in [1.807, 2.05) is 18.2 Å². The molecule has 0 unspecified atom stereocenters. The zero-order valence-corrected chi connectivity index (χ0v) is 16.8. The fourth-order valence-electron chi connectivity index (χ4n) is 3.64. The predicted octanol–water partition coefficient (Wildman–Crippen LogP) is 3.03. The van der Waals surface area contributed by atoms with E-state index >= 15 is 0 Å². The van der Waals surface area contributed by atoms with Crippen LogP contribution in [0.1, 0.15) is 17.5 Å². The fraction of sp³-hybridized carbons (Fsp3) is 0.400. The third-order valence-electron chi connectivity index (χ3n) is 5.08. The first-order valence-corrected chi connectivity index (χ1v) is 11.0. The topological polar surface area (TPSA) is 67.9 Å². The van der Waals surface area contributed by atoms with Gasteiger partial charge in [0.25, 0.3) is 0 Å². The highest BCUT2D eigenvalue weighted by atomic mass is 32.2. The average molecular weight is 442 g/mol. The van der Waals surface area contributed by atoms with Gasteiger partial charge in [-0.2, -0.15) is 13.2 Å². The molecule has 2 aromatic rings. The van der Waals surface area contributed by atoms with E-state index in [-0.39, 0.29) is 10.9 Å². The number of halogens is 3. The van der Waals surface area contributed by atoms with E-state index in [0.29, 0.717) is 56.8 Å². The van der Waals surface area contributed by atoms with Crippen molar-refractivity contribution in [1.29, 1.82) is 0 Å². The maximum absolute atomic E-state index is 12.9. The van der Waals surface area contributed by atoms with Gasteiger partial charge < -0.3 is 9.47 Å². The molecule has 0 aromatic heterocycles. The Morgan fingerprint density at radius 2 is 1.83 bits per heavy atom. The predicted molar refractivity (Wildman–Crippen MR) is 103 cm³/mol. The number of rotatable bonds is 5. The number of sulfonamides is 1. The maximum atomic E-state index is 12.9. The normalized spacial score (nSPS) is 19.8. The molecule has 2 aliphatic rings. The Hall–Kier alpha value is -2.30. The van der Waals surface area contributed by atoms with Gasteiger partial charge >= 0.3 is 6.18 Å². The summed E-state index contributed by atoms with van der Waals surface area (Å²) in [6.07, 6.45) is -4.03. The largest absolute Gasteiger partial charge is 0.486 e. The highest BCUT2D eigenvalue weighted by Gasteiger charge is 2.33. The Morgan fingerprint density at radius 3 is 2.60 bits per heavy atom. The molecule has 4 rings (SSSR count). The van der Waals surface area contributed by atoms with Crippen LogP contribution in [0.25, 0.3) is 0 Å². The van der Waals surface area contributed by atoms with Crippen LogP contribution in [-0.2, 0) is 22.7 Å². The third-order valence-corrected chi connectivity index (χ3v) is 6.60. The van der Waals surface area contributed by atoms with Gasteiger partial charge in [0.1, 0.15) is 13.2 Å².